The van der Waals surface area contributed by atoms with Crippen molar-refractivity contribution in [1.29, 1.82) is 5.41 Å². The minimum atomic E-state index is -3.09. The number of pyridine rings is 1. The molecule has 0 aliphatic carbocycles. The normalized spacial score (nSPS) is 18.0. The molecule has 2 aromatic heterocycles. The van der Waals surface area contributed by atoms with Gasteiger partial charge < -0.3 is 15.6 Å². The number of nitrogens with zero attached hydrogens (tertiary/aromatic N) is 5. The molecule has 1 unspecified atom stereocenters. The minimum absolute atomic E-state index is 0.0416. The van der Waals surface area contributed by atoms with E-state index in [-0.39, 0.29) is 30.4 Å². The van der Waals surface area contributed by atoms with E-state index in [9.17, 15) is 13.6 Å². The Bertz CT molecular complexity index is 909. The number of alkyl halides is 2. The lowest BCUT2D eigenvalue weighted by molar-refractivity contribution is -0.0249. The zero-order valence-electron chi connectivity index (χ0n) is 15.0. The molecule has 0 spiro atoms. The number of nitrogens with one attached hydrogen (secondary N) is 3. The largest absolute Gasteiger partial charge is 0.352 e. The highest BCUT2D eigenvalue weighted by Crippen LogP contribution is 2.35. The van der Waals surface area contributed by atoms with Crippen LogP contribution in [0.5, 0.6) is 0 Å². The van der Waals surface area contributed by atoms with Gasteiger partial charge in [0.1, 0.15) is 6.04 Å². The molecule has 1 saturated heterocycles. The fourth-order valence-electron chi connectivity index (χ4n) is 2.86. The van der Waals surface area contributed by atoms with Crippen LogP contribution in [-0.4, -0.2) is 63.2 Å². The number of hydrogen-bond donors (Lipinski definition) is 3. The van der Waals surface area contributed by atoms with Gasteiger partial charge in [0, 0.05) is 31.9 Å². The van der Waals surface area contributed by atoms with E-state index < -0.39 is 24.3 Å². The maximum atomic E-state index is 14.5. The fourth-order valence-corrected chi connectivity index (χ4v) is 2.96. The van der Waals surface area contributed by atoms with Crippen molar-refractivity contribution >= 4 is 41.6 Å². The summed E-state index contributed by atoms with van der Waals surface area (Å²) < 4.78 is 28.9. The summed E-state index contributed by atoms with van der Waals surface area (Å²) in [6, 6.07) is 1.72. The maximum Gasteiger partial charge on any atom is 0.275 e. The number of carbonyl (C=O) groups excluding carboxylic acids is 1. The molecule has 3 heterocycles. The van der Waals surface area contributed by atoms with Crippen molar-refractivity contribution < 1.29 is 13.6 Å². The third-order valence-electron chi connectivity index (χ3n) is 4.23. The highest BCUT2D eigenvalue weighted by atomic mass is 35.5. The number of halogens is 3. The van der Waals surface area contributed by atoms with Crippen molar-refractivity contribution in [2.75, 3.05) is 23.8 Å². The van der Waals surface area contributed by atoms with Crippen LogP contribution in [0.25, 0.3) is 0 Å². The van der Waals surface area contributed by atoms with Crippen molar-refractivity contribution in [3.8, 4) is 0 Å². The number of hydrazone groups is 1. The van der Waals surface area contributed by atoms with Gasteiger partial charge in [0.15, 0.2) is 5.69 Å². The molecule has 3 rings (SSSR count). The molecule has 9 nitrogen and oxygen atoms in total. The molecular weight excluding hydrogens is 406 g/mol. The second-order valence-electron chi connectivity index (χ2n) is 6.09. The lowest BCUT2D eigenvalue weighted by atomic mass is 10.1. The lowest BCUT2D eigenvalue weighted by Gasteiger charge is -2.28. The summed E-state index contributed by atoms with van der Waals surface area (Å²) in [5.41, 5.74) is 2.80. The fraction of sp³-hybridized carbons (Fsp3) is 0.294. The Balaban J connectivity index is 1.79. The first-order valence-corrected chi connectivity index (χ1v) is 8.93. The van der Waals surface area contributed by atoms with E-state index in [0.29, 0.717) is 5.02 Å². The smallest absolute Gasteiger partial charge is 0.275 e. The third kappa shape index (κ3) is 4.80. The molecule has 2 aromatic rings. The number of likely N-dealkylation sites (tertiary alicyclic amines) is 1. The average molecular weight is 423 g/mol. The van der Waals surface area contributed by atoms with E-state index in [1.807, 2.05) is 0 Å². The minimum Gasteiger partial charge on any atom is -0.352 e. The van der Waals surface area contributed by atoms with Crippen molar-refractivity contribution in [2.45, 2.75) is 18.4 Å². The molecule has 0 radical (unpaired) electrons. The summed E-state index contributed by atoms with van der Waals surface area (Å²) in [6.45, 7) is -0.374. The molecule has 0 bridgehead atoms. The number of carbonyl (C=O) groups is 1. The van der Waals surface area contributed by atoms with Crippen LogP contribution in [0.1, 0.15) is 16.9 Å². The zero-order chi connectivity index (χ0) is 20.9. The summed E-state index contributed by atoms with van der Waals surface area (Å²) in [5, 5.41) is 13.7. The van der Waals surface area contributed by atoms with Crippen molar-refractivity contribution in [3.05, 3.63) is 41.4 Å². The highest BCUT2D eigenvalue weighted by Gasteiger charge is 2.51. The molecule has 1 amide bonds. The van der Waals surface area contributed by atoms with Crippen LogP contribution in [0.15, 0.2) is 35.8 Å². The van der Waals surface area contributed by atoms with Crippen LogP contribution in [-0.2, 0) is 0 Å². The summed E-state index contributed by atoms with van der Waals surface area (Å²) >= 11 is 5.72. The molecule has 3 N–H and O–H groups in total. The third-order valence-corrected chi connectivity index (χ3v) is 4.42. The van der Waals surface area contributed by atoms with E-state index in [0.717, 1.165) is 11.1 Å². The first-order valence-electron chi connectivity index (χ1n) is 8.56. The quantitative estimate of drug-likeness (QED) is 0.466. The van der Waals surface area contributed by atoms with E-state index >= 15 is 0 Å². The van der Waals surface area contributed by atoms with Gasteiger partial charge in [-0.05, 0) is 12.1 Å². The van der Waals surface area contributed by atoms with E-state index in [4.69, 9.17) is 17.0 Å². The Kier molecular flexibility index (Phi) is 6.27. The van der Waals surface area contributed by atoms with Crippen LogP contribution < -0.4 is 10.7 Å². The summed E-state index contributed by atoms with van der Waals surface area (Å²) in [4.78, 5) is 25.9. The summed E-state index contributed by atoms with van der Waals surface area (Å²) in [7, 11) is 0. The number of anilines is 2. The van der Waals surface area contributed by atoms with E-state index in [1.165, 1.54) is 24.8 Å². The van der Waals surface area contributed by atoms with Gasteiger partial charge in [-0.1, -0.05) is 11.6 Å². The van der Waals surface area contributed by atoms with Gasteiger partial charge in [0.05, 0.1) is 29.3 Å². The molecule has 1 aliphatic rings. The van der Waals surface area contributed by atoms with Crippen molar-refractivity contribution in [2.24, 2.45) is 5.10 Å². The standard InChI is InChI=1S/C17H17ClF2N8O/c18-11-8-23-16(24-9-11)25-10-13-17(19,20)3-7-28(13)15(29)14-12(2-1-5-22-14)27-26-6-4-21/h1-2,4-6,8-9,13,21,27H,3,7,10H2,(H,23,24,25)/b21-4?,26-6-. The first kappa shape index (κ1) is 20.5. The van der Waals surface area contributed by atoms with Gasteiger partial charge in [-0.2, -0.15) is 5.10 Å². The van der Waals surface area contributed by atoms with E-state index in [1.54, 1.807) is 12.1 Å². The average Bonchev–Trinajstić information content (AvgIpc) is 3.02. The molecule has 152 valence electrons. The van der Waals surface area contributed by atoms with Gasteiger partial charge in [-0.25, -0.2) is 23.7 Å². The van der Waals surface area contributed by atoms with Crippen LogP contribution >= 0.6 is 11.6 Å². The van der Waals surface area contributed by atoms with E-state index in [2.05, 4.69) is 30.8 Å². The van der Waals surface area contributed by atoms with Gasteiger partial charge in [0.25, 0.3) is 11.8 Å². The van der Waals surface area contributed by atoms with Crippen LogP contribution in [0.2, 0.25) is 5.02 Å². The molecule has 0 saturated carbocycles. The number of rotatable bonds is 7. The lowest BCUT2D eigenvalue weighted by Crippen LogP contribution is -2.47. The van der Waals surface area contributed by atoms with Crippen LogP contribution in [0.3, 0.4) is 0 Å². The Morgan fingerprint density at radius 2 is 2.17 bits per heavy atom. The topological polar surface area (TPSA) is 119 Å². The second kappa shape index (κ2) is 8.86. The van der Waals surface area contributed by atoms with Crippen LogP contribution in [0, 0.1) is 5.41 Å². The molecule has 1 aliphatic heterocycles. The molecular formula is C17H17ClF2N8O. The Labute approximate surface area is 169 Å². The van der Waals surface area contributed by atoms with Gasteiger partial charge in [-0.3, -0.25) is 10.2 Å². The second-order valence-corrected chi connectivity index (χ2v) is 6.52. The van der Waals surface area contributed by atoms with Gasteiger partial charge in [0.2, 0.25) is 5.95 Å². The van der Waals surface area contributed by atoms with Crippen molar-refractivity contribution in [1.82, 2.24) is 19.9 Å². The molecule has 1 fully saturated rings. The molecule has 29 heavy (non-hydrogen) atoms. The summed E-state index contributed by atoms with van der Waals surface area (Å²) in [5.74, 6) is -3.61. The Morgan fingerprint density at radius 1 is 1.41 bits per heavy atom. The Morgan fingerprint density at radius 3 is 2.90 bits per heavy atom. The molecule has 1 atom stereocenters. The molecule has 0 aromatic carbocycles. The summed E-state index contributed by atoms with van der Waals surface area (Å²) in [6.07, 6.45) is 5.73. The number of amides is 1. The Hall–Kier alpha value is -3.21. The van der Waals surface area contributed by atoms with Crippen LogP contribution in [0.4, 0.5) is 20.4 Å². The number of hydrogen-bond acceptors (Lipinski definition) is 8. The SMILES string of the molecule is N=C/C=N\Nc1cccnc1C(=O)N1CCC(F)(F)C1CNc1ncc(Cl)cn1. The predicted octanol–water partition coefficient (Wildman–Crippen LogP) is 2.53. The predicted molar refractivity (Wildman–Crippen MR) is 105 cm³/mol. The molecule has 12 heteroatoms. The van der Waals surface area contributed by atoms with Gasteiger partial charge >= 0.3 is 0 Å². The monoisotopic (exact) mass is 422 g/mol. The van der Waals surface area contributed by atoms with Crippen molar-refractivity contribution in [3.63, 3.8) is 0 Å². The highest BCUT2D eigenvalue weighted by molar-refractivity contribution is 6.30. The zero-order valence-corrected chi connectivity index (χ0v) is 15.8. The maximum absolute atomic E-state index is 14.5. The first-order chi connectivity index (χ1) is 13.9. The van der Waals surface area contributed by atoms with Gasteiger partial charge in [-0.15, -0.1) is 0 Å². The number of aromatic nitrogens is 3.